The molecule has 9 heteroatoms. The van der Waals surface area contributed by atoms with Gasteiger partial charge in [-0.1, -0.05) is 23.2 Å². The minimum Gasteiger partial charge on any atom is -0.328 e. The van der Waals surface area contributed by atoms with E-state index in [1.54, 1.807) is 0 Å². The summed E-state index contributed by atoms with van der Waals surface area (Å²) in [6.45, 7) is 0.876. The van der Waals surface area contributed by atoms with Crippen molar-refractivity contribution in [2.24, 2.45) is 5.73 Å². The Labute approximate surface area is 127 Å². The Bertz CT molecular complexity index is 510. The number of thiophene rings is 1. The fourth-order valence-corrected chi connectivity index (χ4v) is 5.34. The minimum absolute atomic E-state index is 0. The topological polar surface area (TPSA) is 63.4 Å². The molecule has 2 N–H and O–H groups in total. The molecule has 0 unspecified atom stereocenters. The molecule has 0 saturated carbocycles. The van der Waals surface area contributed by atoms with Crippen molar-refractivity contribution < 1.29 is 8.42 Å². The molecule has 1 saturated heterocycles. The van der Waals surface area contributed by atoms with Crippen molar-refractivity contribution in [2.45, 2.75) is 23.8 Å². The lowest BCUT2D eigenvalue weighted by Crippen LogP contribution is -2.42. The zero-order valence-corrected chi connectivity index (χ0v) is 13.3. The first-order chi connectivity index (χ1) is 7.91. The number of nitrogens with zero attached hydrogens (tertiary/aromatic N) is 1. The Hall–Kier alpha value is 0.440. The van der Waals surface area contributed by atoms with E-state index in [-0.39, 0.29) is 27.7 Å². The number of sulfonamides is 1. The van der Waals surface area contributed by atoms with Crippen LogP contribution < -0.4 is 5.73 Å². The van der Waals surface area contributed by atoms with Crippen LogP contribution in [0.4, 0.5) is 0 Å². The number of rotatable bonds is 2. The molecule has 0 radical (unpaired) electrons. The third-order valence-corrected chi connectivity index (χ3v) is 6.39. The molecule has 0 spiro atoms. The SMILES string of the molecule is Cl.NC1CCN(S(=O)(=O)c2cc(Cl)sc2Cl)CC1. The molecule has 0 atom stereocenters. The predicted molar refractivity (Wildman–Crippen MR) is 77.6 cm³/mol. The summed E-state index contributed by atoms with van der Waals surface area (Å²) in [5.74, 6) is 0. The summed E-state index contributed by atoms with van der Waals surface area (Å²) in [6.07, 6.45) is 1.35. The van der Waals surface area contributed by atoms with E-state index >= 15 is 0 Å². The lowest BCUT2D eigenvalue weighted by Gasteiger charge is -2.29. The molecule has 1 aromatic heterocycles. The highest BCUT2D eigenvalue weighted by atomic mass is 35.5. The quantitative estimate of drug-likeness (QED) is 0.890. The van der Waals surface area contributed by atoms with Gasteiger partial charge in [0.15, 0.2) is 0 Å². The van der Waals surface area contributed by atoms with Crippen LogP contribution in [0.15, 0.2) is 11.0 Å². The smallest absolute Gasteiger partial charge is 0.245 e. The summed E-state index contributed by atoms with van der Waals surface area (Å²) in [5, 5.41) is 0. The largest absolute Gasteiger partial charge is 0.328 e. The summed E-state index contributed by atoms with van der Waals surface area (Å²) in [5.41, 5.74) is 5.75. The first kappa shape index (κ1) is 16.5. The fourth-order valence-electron chi connectivity index (χ4n) is 1.76. The minimum atomic E-state index is -3.52. The van der Waals surface area contributed by atoms with Crippen LogP contribution in [0.5, 0.6) is 0 Å². The van der Waals surface area contributed by atoms with Gasteiger partial charge in [0.25, 0.3) is 0 Å². The van der Waals surface area contributed by atoms with Gasteiger partial charge >= 0.3 is 0 Å². The lowest BCUT2D eigenvalue weighted by molar-refractivity contribution is 0.320. The van der Waals surface area contributed by atoms with Crippen molar-refractivity contribution in [1.29, 1.82) is 0 Å². The number of halogens is 3. The van der Waals surface area contributed by atoms with Crippen molar-refractivity contribution in [1.82, 2.24) is 4.31 Å². The zero-order chi connectivity index (χ0) is 12.6. The summed E-state index contributed by atoms with van der Waals surface area (Å²) < 4.78 is 26.6. The third kappa shape index (κ3) is 3.30. The molecule has 1 aliphatic rings. The second-order valence-corrected chi connectivity index (χ2v) is 8.12. The lowest BCUT2D eigenvalue weighted by atomic mass is 10.1. The summed E-state index contributed by atoms with van der Waals surface area (Å²) in [7, 11) is -3.52. The highest BCUT2D eigenvalue weighted by Crippen LogP contribution is 2.36. The molecule has 1 aromatic rings. The van der Waals surface area contributed by atoms with Crippen molar-refractivity contribution >= 4 is 57.0 Å². The average Bonchev–Trinajstić information content (AvgIpc) is 2.59. The van der Waals surface area contributed by atoms with Crippen LogP contribution in [0.25, 0.3) is 0 Å². The van der Waals surface area contributed by atoms with E-state index in [1.807, 2.05) is 0 Å². The number of piperidine rings is 1. The maximum atomic E-state index is 12.3. The van der Waals surface area contributed by atoms with Crippen LogP contribution in [0.3, 0.4) is 0 Å². The Balaban J connectivity index is 0.00000162. The van der Waals surface area contributed by atoms with Gasteiger partial charge in [-0.15, -0.1) is 23.7 Å². The van der Waals surface area contributed by atoms with Crippen molar-refractivity contribution in [3.05, 3.63) is 14.7 Å². The van der Waals surface area contributed by atoms with Crippen molar-refractivity contribution in [3.63, 3.8) is 0 Å². The monoisotopic (exact) mass is 350 g/mol. The number of hydrogen-bond donors (Lipinski definition) is 1. The van der Waals surface area contributed by atoms with Gasteiger partial charge < -0.3 is 5.73 Å². The van der Waals surface area contributed by atoms with Crippen LogP contribution >= 0.6 is 46.9 Å². The van der Waals surface area contributed by atoms with Gasteiger partial charge in [-0.05, 0) is 18.9 Å². The van der Waals surface area contributed by atoms with Crippen molar-refractivity contribution in [2.75, 3.05) is 13.1 Å². The standard InChI is InChI=1S/C9H12Cl2N2O2S2.ClH/c10-8-5-7(9(11)16-8)17(14,15)13-3-1-6(12)2-4-13;/h5-6H,1-4,12H2;1H. The van der Waals surface area contributed by atoms with Gasteiger partial charge in [0, 0.05) is 19.1 Å². The van der Waals surface area contributed by atoms with Gasteiger partial charge in [-0.3, -0.25) is 0 Å². The second kappa shape index (κ2) is 6.26. The summed E-state index contributed by atoms with van der Waals surface area (Å²) in [6, 6.07) is 1.49. The fraction of sp³-hybridized carbons (Fsp3) is 0.556. The highest BCUT2D eigenvalue weighted by molar-refractivity contribution is 7.89. The van der Waals surface area contributed by atoms with E-state index in [0.717, 1.165) is 11.3 Å². The van der Waals surface area contributed by atoms with E-state index in [9.17, 15) is 8.42 Å². The Morgan fingerprint density at radius 1 is 1.33 bits per heavy atom. The first-order valence-electron chi connectivity index (χ1n) is 5.12. The predicted octanol–water partition coefficient (Wildman–Crippen LogP) is 2.59. The van der Waals surface area contributed by atoms with Crippen LogP contribution in [0, 0.1) is 0 Å². The first-order valence-corrected chi connectivity index (χ1v) is 8.13. The normalized spacial score (nSPS) is 18.6. The highest BCUT2D eigenvalue weighted by Gasteiger charge is 2.31. The molecule has 2 rings (SSSR count). The molecule has 18 heavy (non-hydrogen) atoms. The molecular formula is C9H13Cl3N2O2S2. The number of nitrogens with two attached hydrogens (primary N) is 1. The maximum absolute atomic E-state index is 12.3. The molecule has 2 heterocycles. The van der Waals surface area contributed by atoms with E-state index < -0.39 is 10.0 Å². The van der Waals surface area contributed by atoms with Gasteiger partial charge in [0.05, 0.1) is 4.34 Å². The van der Waals surface area contributed by atoms with Gasteiger partial charge in [0.1, 0.15) is 9.23 Å². The molecule has 0 aromatic carbocycles. The molecule has 0 amide bonds. The Kier molecular flexibility index (Phi) is 5.74. The average molecular weight is 352 g/mol. The molecule has 0 bridgehead atoms. The molecule has 1 aliphatic heterocycles. The molecule has 104 valence electrons. The summed E-state index contributed by atoms with van der Waals surface area (Å²) in [4.78, 5) is 0.102. The van der Waals surface area contributed by atoms with E-state index in [0.29, 0.717) is 30.3 Å². The number of hydrogen-bond acceptors (Lipinski definition) is 4. The Morgan fingerprint density at radius 3 is 2.33 bits per heavy atom. The van der Waals surface area contributed by atoms with Crippen LogP contribution in [0.1, 0.15) is 12.8 Å². The van der Waals surface area contributed by atoms with Crippen LogP contribution in [-0.4, -0.2) is 31.9 Å². The van der Waals surface area contributed by atoms with E-state index in [1.165, 1.54) is 10.4 Å². The summed E-state index contributed by atoms with van der Waals surface area (Å²) >= 11 is 12.7. The van der Waals surface area contributed by atoms with Crippen molar-refractivity contribution in [3.8, 4) is 0 Å². The third-order valence-electron chi connectivity index (χ3n) is 2.74. The molecule has 1 fully saturated rings. The van der Waals surface area contributed by atoms with E-state index in [2.05, 4.69) is 0 Å². The van der Waals surface area contributed by atoms with Gasteiger partial charge in [-0.2, -0.15) is 4.31 Å². The molecule has 0 aliphatic carbocycles. The van der Waals surface area contributed by atoms with Gasteiger partial charge in [-0.25, -0.2) is 8.42 Å². The molecule has 4 nitrogen and oxygen atoms in total. The van der Waals surface area contributed by atoms with E-state index in [4.69, 9.17) is 28.9 Å². The zero-order valence-electron chi connectivity index (χ0n) is 9.30. The Morgan fingerprint density at radius 2 is 1.89 bits per heavy atom. The van der Waals surface area contributed by atoms with Crippen LogP contribution in [-0.2, 0) is 10.0 Å². The second-order valence-electron chi connectivity index (χ2n) is 3.93. The van der Waals surface area contributed by atoms with Gasteiger partial charge in [0.2, 0.25) is 10.0 Å². The molecular weight excluding hydrogens is 339 g/mol. The maximum Gasteiger partial charge on any atom is 0.245 e. The van der Waals surface area contributed by atoms with Crippen LogP contribution in [0.2, 0.25) is 8.67 Å².